The van der Waals surface area contributed by atoms with Gasteiger partial charge in [-0.3, -0.25) is 4.57 Å². The Morgan fingerprint density at radius 3 is 3.00 bits per heavy atom. The molecule has 0 aliphatic carbocycles. The van der Waals surface area contributed by atoms with E-state index in [1.807, 2.05) is 13.8 Å². The first-order chi connectivity index (χ1) is 7.19. The Bertz CT molecular complexity index is 347. The maximum Gasteiger partial charge on any atom is 0.343 e. The van der Waals surface area contributed by atoms with E-state index in [1.54, 1.807) is 4.57 Å². The molecule has 1 heterocycles. The zero-order chi connectivity index (χ0) is 11.3. The van der Waals surface area contributed by atoms with Gasteiger partial charge in [0.15, 0.2) is 5.16 Å². The fourth-order valence-electron chi connectivity index (χ4n) is 1.10. The smallest absolute Gasteiger partial charge is 0.343 e. The second kappa shape index (κ2) is 5.97. The maximum atomic E-state index is 11.3. The van der Waals surface area contributed by atoms with Crippen molar-refractivity contribution in [2.24, 2.45) is 5.92 Å². The monoisotopic (exact) mass is 231 g/mol. The minimum Gasteiger partial charge on any atom is -0.396 e. The number of rotatable bonds is 6. The Hall–Kier alpha value is -0.750. The van der Waals surface area contributed by atoms with Gasteiger partial charge < -0.3 is 5.11 Å². The lowest BCUT2D eigenvalue weighted by Gasteiger charge is -2.07. The van der Waals surface area contributed by atoms with E-state index in [0.29, 0.717) is 11.7 Å². The molecule has 0 saturated carbocycles. The first kappa shape index (κ1) is 12.3. The number of nitrogens with one attached hydrogen (secondary N) is 1. The predicted octanol–water partition coefficient (Wildman–Crippen LogP) is 0.702. The van der Waals surface area contributed by atoms with Crippen LogP contribution in [-0.2, 0) is 6.54 Å². The van der Waals surface area contributed by atoms with Crippen LogP contribution >= 0.6 is 11.8 Å². The number of aromatic amines is 1. The third kappa shape index (κ3) is 3.39. The van der Waals surface area contributed by atoms with Crippen molar-refractivity contribution in [3.05, 3.63) is 10.5 Å². The average molecular weight is 231 g/mol. The van der Waals surface area contributed by atoms with Gasteiger partial charge in [-0.1, -0.05) is 25.6 Å². The van der Waals surface area contributed by atoms with E-state index in [2.05, 4.69) is 10.2 Å². The highest BCUT2D eigenvalue weighted by Crippen LogP contribution is 2.16. The van der Waals surface area contributed by atoms with Crippen LogP contribution in [0.1, 0.15) is 20.3 Å². The summed E-state index contributed by atoms with van der Waals surface area (Å²) in [5.41, 5.74) is -0.156. The topological polar surface area (TPSA) is 70.9 Å². The third-order valence-electron chi connectivity index (χ3n) is 1.98. The maximum absolute atomic E-state index is 11.3. The van der Waals surface area contributed by atoms with Crippen molar-refractivity contribution in [3.63, 3.8) is 0 Å². The number of aliphatic hydroxyl groups excluding tert-OH is 1. The van der Waals surface area contributed by atoms with Gasteiger partial charge in [0.25, 0.3) is 0 Å². The highest BCUT2D eigenvalue weighted by molar-refractivity contribution is 7.99. The van der Waals surface area contributed by atoms with Crippen LogP contribution in [-0.4, -0.2) is 32.2 Å². The number of nitrogens with zero attached hydrogens (tertiary/aromatic N) is 2. The fourth-order valence-corrected chi connectivity index (χ4v) is 2.08. The highest BCUT2D eigenvalue weighted by atomic mass is 32.2. The quantitative estimate of drug-likeness (QED) is 0.707. The largest absolute Gasteiger partial charge is 0.396 e. The molecule has 0 spiro atoms. The average Bonchev–Trinajstić information content (AvgIpc) is 2.58. The molecular weight excluding hydrogens is 214 g/mol. The Balaban J connectivity index is 2.64. The van der Waals surface area contributed by atoms with Crippen molar-refractivity contribution in [3.8, 4) is 0 Å². The van der Waals surface area contributed by atoms with Gasteiger partial charge in [-0.25, -0.2) is 9.89 Å². The van der Waals surface area contributed by atoms with Crippen LogP contribution in [0, 0.1) is 5.92 Å². The van der Waals surface area contributed by atoms with Gasteiger partial charge in [0.05, 0.1) is 0 Å². The SMILES string of the molecule is CCCn1c(SCC(C)CO)n[nH]c1=O. The van der Waals surface area contributed by atoms with E-state index in [1.165, 1.54) is 11.8 Å². The molecule has 1 aromatic rings. The summed E-state index contributed by atoms with van der Waals surface area (Å²) >= 11 is 1.50. The molecule has 0 fully saturated rings. The molecule has 6 heteroatoms. The Kier molecular flexibility index (Phi) is 4.90. The van der Waals surface area contributed by atoms with E-state index in [4.69, 9.17) is 5.11 Å². The van der Waals surface area contributed by atoms with Gasteiger partial charge in [-0.15, -0.1) is 5.10 Å². The number of hydrogen-bond acceptors (Lipinski definition) is 4. The summed E-state index contributed by atoms with van der Waals surface area (Å²) in [5.74, 6) is 0.988. The van der Waals surface area contributed by atoms with E-state index in [0.717, 1.165) is 12.2 Å². The molecule has 0 saturated heterocycles. The summed E-state index contributed by atoms with van der Waals surface area (Å²) in [6.07, 6.45) is 0.905. The van der Waals surface area contributed by atoms with Gasteiger partial charge in [-0.05, 0) is 12.3 Å². The molecule has 1 aromatic heterocycles. The molecule has 0 aromatic carbocycles. The van der Waals surface area contributed by atoms with Gasteiger partial charge in [0, 0.05) is 18.9 Å². The summed E-state index contributed by atoms with van der Waals surface area (Å²) in [5, 5.41) is 16.0. The zero-order valence-electron chi connectivity index (χ0n) is 9.06. The predicted molar refractivity (Wildman–Crippen MR) is 60.1 cm³/mol. The molecular formula is C9H17N3O2S. The summed E-state index contributed by atoms with van der Waals surface area (Å²) in [6, 6.07) is 0. The first-order valence-corrected chi connectivity index (χ1v) is 6.06. The minimum atomic E-state index is -0.156. The Labute approximate surface area is 92.9 Å². The van der Waals surface area contributed by atoms with Crippen LogP contribution in [0.4, 0.5) is 0 Å². The molecule has 0 amide bonds. The van der Waals surface area contributed by atoms with Crippen molar-refractivity contribution in [2.45, 2.75) is 32.0 Å². The first-order valence-electron chi connectivity index (χ1n) is 5.07. The molecule has 0 aliphatic heterocycles. The molecule has 0 bridgehead atoms. The highest BCUT2D eigenvalue weighted by Gasteiger charge is 2.09. The second-order valence-electron chi connectivity index (χ2n) is 3.56. The number of H-pyrrole nitrogens is 1. The van der Waals surface area contributed by atoms with E-state index < -0.39 is 0 Å². The minimum absolute atomic E-state index is 0.156. The molecule has 5 nitrogen and oxygen atoms in total. The van der Waals surface area contributed by atoms with Crippen molar-refractivity contribution >= 4 is 11.8 Å². The zero-order valence-corrected chi connectivity index (χ0v) is 9.88. The molecule has 0 aliphatic rings. The van der Waals surface area contributed by atoms with E-state index >= 15 is 0 Å². The van der Waals surface area contributed by atoms with E-state index in [-0.39, 0.29) is 18.2 Å². The fraction of sp³-hybridized carbons (Fsp3) is 0.778. The number of thioether (sulfide) groups is 1. The summed E-state index contributed by atoms with van der Waals surface area (Å²) in [7, 11) is 0. The van der Waals surface area contributed by atoms with Crippen LogP contribution in [0.5, 0.6) is 0 Å². The summed E-state index contributed by atoms with van der Waals surface area (Å²) in [4.78, 5) is 11.3. The lowest BCUT2D eigenvalue weighted by atomic mass is 10.2. The number of aliphatic hydroxyl groups is 1. The van der Waals surface area contributed by atoms with Gasteiger partial charge in [-0.2, -0.15) is 0 Å². The molecule has 86 valence electrons. The lowest BCUT2D eigenvalue weighted by molar-refractivity contribution is 0.250. The van der Waals surface area contributed by atoms with Crippen LogP contribution < -0.4 is 5.69 Å². The van der Waals surface area contributed by atoms with Crippen molar-refractivity contribution in [1.29, 1.82) is 0 Å². The molecule has 2 N–H and O–H groups in total. The molecule has 1 rings (SSSR count). The lowest BCUT2D eigenvalue weighted by Crippen LogP contribution is -2.17. The third-order valence-corrected chi connectivity index (χ3v) is 3.28. The van der Waals surface area contributed by atoms with E-state index in [9.17, 15) is 4.79 Å². The molecule has 1 atom stereocenters. The summed E-state index contributed by atoms with van der Waals surface area (Å²) < 4.78 is 1.63. The van der Waals surface area contributed by atoms with Crippen molar-refractivity contribution < 1.29 is 5.11 Å². The number of hydrogen-bond donors (Lipinski definition) is 2. The van der Waals surface area contributed by atoms with Crippen LogP contribution in [0.2, 0.25) is 0 Å². The van der Waals surface area contributed by atoms with Crippen LogP contribution in [0.15, 0.2) is 9.95 Å². The van der Waals surface area contributed by atoms with Crippen LogP contribution in [0.25, 0.3) is 0 Å². The van der Waals surface area contributed by atoms with Crippen molar-refractivity contribution in [1.82, 2.24) is 14.8 Å². The Morgan fingerprint density at radius 1 is 1.67 bits per heavy atom. The van der Waals surface area contributed by atoms with Gasteiger partial charge in [0.2, 0.25) is 0 Å². The normalized spacial score (nSPS) is 13.0. The van der Waals surface area contributed by atoms with Crippen molar-refractivity contribution in [2.75, 3.05) is 12.4 Å². The Morgan fingerprint density at radius 2 is 2.40 bits per heavy atom. The number of aromatic nitrogens is 3. The standard InChI is InChI=1S/C9H17N3O2S/c1-3-4-12-8(14)10-11-9(12)15-6-7(2)5-13/h7,13H,3-6H2,1-2H3,(H,10,14). The van der Waals surface area contributed by atoms with Crippen LogP contribution in [0.3, 0.4) is 0 Å². The molecule has 1 unspecified atom stereocenters. The van der Waals surface area contributed by atoms with Gasteiger partial charge in [0.1, 0.15) is 0 Å². The molecule has 0 radical (unpaired) electrons. The summed E-state index contributed by atoms with van der Waals surface area (Å²) in [6.45, 7) is 4.83. The molecule has 15 heavy (non-hydrogen) atoms. The second-order valence-corrected chi connectivity index (χ2v) is 4.55. The van der Waals surface area contributed by atoms with Gasteiger partial charge >= 0.3 is 5.69 Å².